The van der Waals surface area contributed by atoms with Gasteiger partial charge in [0.05, 0.1) is 0 Å². The molecular weight excluding hydrogens is 256 g/mol. The molecule has 114 valence electrons. The van der Waals surface area contributed by atoms with Crippen LogP contribution in [-0.4, -0.2) is 42.0 Å². The lowest BCUT2D eigenvalue weighted by Gasteiger charge is -2.41. The lowest BCUT2D eigenvalue weighted by Crippen LogP contribution is -2.49. The molecule has 0 aromatic heterocycles. The SMILES string of the molecule is CC=C(C)CN1CCCC(N2CCc3ccccc3C2)C1. The number of fused-ring (bicyclic) bond motifs is 1. The van der Waals surface area contributed by atoms with Crippen molar-refractivity contribution in [3.63, 3.8) is 0 Å². The van der Waals surface area contributed by atoms with Crippen molar-refractivity contribution in [2.24, 2.45) is 0 Å². The molecule has 1 atom stereocenters. The van der Waals surface area contributed by atoms with E-state index < -0.39 is 0 Å². The molecule has 1 aromatic rings. The molecule has 2 heteroatoms. The van der Waals surface area contributed by atoms with Gasteiger partial charge in [-0.15, -0.1) is 0 Å². The molecule has 2 aliphatic heterocycles. The fraction of sp³-hybridized carbons (Fsp3) is 0.579. The zero-order chi connectivity index (χ0) is 14.7. The Balaban J connectivity index is 1.62. The Labute approximate surface area is 129 Å². The summed E-state index contributed by atoms with van der Waals surface area (Å²) in [7, 11) is 0. The molecule has 0 bridgehead atoms. The van der Waals surface area contributed by atoms with Crippen molar-refractivity contribution >= 4 is 0 Å². The molecule has 0 spiro atoms. The Morgan fingerprint density at radius 1 is 1.24 bits per heavy atom. The maximum atomic E-state index is 2.72. The summed E-state index contributed by atoms with van der Waals surface area (Å²) in [6, 6.07) is 9.72. The van der Waals surface area contributed by atoms with E-state index in [9.17, 15) is 0 Å². The van der Waals surface area contributed by atoms with Gasteiger partial charge in [0.2, 0.25) is 0 Å². The number of benzene rings is 1. The third-order valence-electron chi connectivity index (χ3n) is 5.12. The molecule has 2 aliphatic rings. The average molecular weight is 284 g/mol. The third-order valence-corrected chi connectivity index (χ3v) is 5.12. The van der Waals surface area contributed by atoms with Crippen LogP contribution in [0.4, 0.5) is 0 Å². The fourth-order valence-corrected chi connectivity index (χ4v) is 3.75. The molecule has 0 amide bonds. The summed E-state index contributed by atoms with van der Waals surface area (Å²) in [5.41, 5.74) is 4.61. The van der Waals surface area contributed by atoms with Gasteiger partial charge in [-0.25, -0.2) is 0 Å². The van der Waals surface area contributed by atoms with Gasteiger partial charge in [0.25, 0.3) is 0 Å². The maximum Gasteiger partial charge on any atom is 0.0240 e. The van der Waals surface area contributed by atoms with E-state index in [2.05, 4.69) is 54.0 Å². The van der Waals surface area contributed by atoms with Crippen LogP contribution in [0.3, 0.4) is 0 Å². The van der Waals surface area contributed by atoms with Crippen LogP contribution in [0.1, 0.15) is 37.8 Å². The van der Waals surface area contributed by atoms with Crippen molar-refractivity contribution in [2.45, 2.75) is 45.7 Å². The van der Waals surface area contributed by atoms with Crippen molar-refractivity contribution in [2.75, 3.05) is 26.2 Å². The standard InChI is InChI=1S/C19H28N2/c1-3-16(2)13-20-11-6-9-19(15-20)21-12-10-17-7-4-5-8-18(17)14-21/h3-5,7-8,19H,6,9-15H2,1-2H3. The smallest absolute Gasteiger partial charge is 0.0240 e. The molecule has 2 nitrogen and oxygen atoms in total. The number of nitrogens with zero attached hydrogens (tertiary/aromatic N) is 2. The van der Waals surface area contributed by atoms with Crippen molar-refractivity contribution in [1.82, 2.24) is 9.80 Å². The number of piperidine rings is 1. The zero-order valence-corrected chi connectivity index (χ0v) is 13.5. The van der Waals surface area contributed by atoms with E-state index in [0.29, 0.717) is 0 Å². The molecule has 1 aromatic carbocycles. The van der Waals surface area contributed by atoms with Crippen LogP contribution in [0.5, 0.6) is 0 Å². The summed E-state index contributed by atoms with van der Waals surface area (Å²) in [5.74, 6) is 0. The Morgan fingerprint density at radius 3 is 2.86 bits per heavy atom. The molecule has 3 rings (SSSR count). The van der Waals surface area contributed by atoms with E-state index in [1.807, 2.05) is 0 Å². The van der Waals surface area contributed by atoms with Gasteiger partial charge >= 0.3 is 0 Å². The molecule has 0 aliphatic carbocycles. The minimum atomic E-state index is 0.747. The quantitative estimate of drug-likeness (QED) is 0.784. The highest BCUT2D eigenvalue weighted by atomic mass is 15.2. The predicted molar refractivity (Wildman–Crippen MR) is 89.4 cm³/mol. The molecule has 0 radical (unpaired) electrons. The summed E-state index contributed by atoms with van der Waals surface area (Å²) in [4.78, 5) is 5.36. The summed E-state index contributed by atoms with van der Waals surface area (Å²) < 4.78 is 0. The van der Waals surface area contributed by atoms with Crippen molar-refractivity contribution in [3.05, 3.63) is 47.0 Å². The molecule has 1 fully saturated rings. The molecule has 1 unspecified atom stereocenters. The average Bonchev–Trinajstić information content (AvgIpc) is 2.54. The monoisotopic (exact) mass is 284 g/mol. The normalized spacial score (nSPS) is 24.9. The first-order valence-electron chi connectivity index (χ1n) is 8.41. The lowest BCUT2D eigenvalue weighted by molar-refractivity contribution is 0.0925. The minimum absolute atomic E-state index is 0.747. The van der Waals surface area contributed by atoms with E-state index in [1.54, 1.807) is 11.1 Å². The second-order valence-electron chi connectivity index (χ2n) is 6.66. The number of rotatable bonds is 3. The summed E-state index contributed by atoms with van der Waals surface area (Å²) in [5, 5.41) is 0. The second kappa shape index (κ2) is 6.76. The summed E-state index contributed by atoms with van der Waals surface area (Å²) >= 11 is 0. The largest absolute Gasteiger partial charge is 0.298 e. The van der Waals surface area contributed by atoms with Crippen LogP contribution in [-0.2, 0) is 13.0 Å². The van der Waals surface area contributed by atoms with Gasteiger partial charge in [-0.05, 0) is 50.8 Å². The Kier molecular flexibility index (Phi) is 4.77. The van der Waals surface area contributed by atoms with Crippen LogP contribution in [0.2, 0.25) is 0 Å². The molecule has 2 heterocycles. The van der Waals surface area contributed by atoms with Gasteiger partial charge < -0.3 is 0 Å². The number of allylic oxidation sites excluding steroid dienone is 1. The highest BCUT2D eigenvalue weighted by Gasteiger charge is 2.27. The van der Waals surface area contributed by atoms with Gasteiger partial charge in [0, 0.05) is 32.2 Å². The van der Waals surface area contributed by atoms with E-state index >= 15 is 0 Å². The Bertz CT molecular complexity index is 506. The summed E-state index contributed by atoms with van der Waals surface area (Å²) in [6.45, 7) is 10.4. The molecule has 21 heavy (non-hydrogen) atoms. The number of hydrogen-bond donors (Lipinski definition) is 0. The molecule has 0 saturated carbocycles. The van der Waals surface area contributed by atoms with Crippen LogP contribution >= 0.6 is 0 Å². The predicted octanol–water partition coefficient (Wildman–Crippen LogP) is 3.48. The van der Waals surface area contributed by atoms with Crippen LogP contribution < -0.4 is 0 Å². The van der Waals surface area contributed by atoms with Gasteiger partial charge in [-0.2, -0.15) is 0 Å². The fourth-order valence-electron chi connectivity index (χ4n) is 3.75. The molecule has 0 N–H and O–H groups in total. The summed E-state index contributed by atoms with van der Waals surface area (Å²) in [6.07, 6.45) is 6.19. The van der Waals surface area contributed by atoms with Gasteiger partial charge in [0.15, 0.2) is 0 Å². The van der Waals surface area contributed by atoms with Crippen LogP contribution in [0, 0.1) is 0 Å². The topological polar surface area (TPSA) is 6.48 Å². The first kappa shape index (κ1) is 14.8. The Hall–Kier alpha value is -1.12. The highest BCUT2D eigenvalue weighted by Crippen LogP contribution is 2.24. The number of hydrogen-bond acceptors (Lipinski definition) is 2. The van der Waals surface area contributed by atoms with E-state index in [1.165, 1.54) is 44.5 Å². The highest BCUT2D eigenvalue weighted by molar-refractivity contribution is 5.29. The number of likely N-dealkylation sites (tertiary alicyclic amines) is 1. The lowest BCUT2D eigenvalue weighted by atomic mass is 9.96. The van der Waals surface area contributed by atoms with Crippen LogP contribution in [0.15, 0.2) is 35.9 Å². The van der Waals surface area contributed by atoms with Gasteiger partial charge in [-0.1, -0.05) is 35.9 Å². The van der Waals surface area contributed by atoms with Crippen molar-refractivity contribution in [3.8, 4) is 0 Å². The first-order valence-corrected chi connectivity index (χ1v) is 8.41. The van der Waals surface area contributed by atoms with Gasteiger partial charge in [0.1, 0.15) is 0 Å². The van der Waals surface area contributed by atoms with Crippen molar-refractivity contribution < 1.29 is 0 Å². The van der Waals surface area contributed by atoms with Crippen molar-refractivity contribution in [1.29, 1.82) is 0 Å². The third kappa shape index (κ3) is 3.56. The molecular formula is C19H28N2. The van der Waals surface area contributed by atoms with E-state index in [-0.39, 0.29) is 0 Å². The zero-order valence-electron chi connectivity index (χ0n) is 13.5. The van der Waals surface area contributed by atoms with E-state index in [0.717, 1.165) is 19.1 Å². The maximum absolute atomic E-state index is 2.72. The minimum Gasteiger partial charge on any atom is -0.298 e. The Morgan fingerprint density at radius 2 is 2.05 bits per heavy atom. The van der Waals surface area contributed by atoms with Crippen LogP contribution in [0.25, 0.3) is 0 Å². The van der Waals surface area contributed by atoms with Gasteiger partial charge in [-0.3, -0.25) is 9.80 Å². The second-order valence-corrected chi connectivity index (χ2v) is 6.66. The van der Waals surface area contributed by atoms with E-state index in [4.69, 9.17) is 0 Å². The first-order chi connectivity index (χ1) is 10.3. The molecule has 1 saturated heterocycles.